The molecule has 4 nitrogen and oxygen atoms in total. The lowest BCUT2D eigenvalue weighted by Crippen LogP contribution is -2.30. The van der Waals surface area contributed by atoms with Crippen LogP contribution in [0, 0.1) is 19.8 Å². The van der Waals surface area contributed by atoms with Gasteiger partial charge in [-0.2, -0.15) is 0 Å². The molecule has 0 aliphatic carbocycles. The normalized spacial score (nSPS) is 10.7. The molecule has 1 aromatic rings. The Morgan fingerprint density at radius 3 is 2.75 bits per heavy atom. The van der Waals surface area contributed by atoms with E-state index >= 15 is 0 Å². The highest BCUT2D eigenvalue weighted by atomic mass is 16.5. The van der Waals surface area contributed by atoms with Crippen LogP contribution in [0.4, 0.5) is 10.5 Å². The lowest BCUT2D eigenvalue weighted by Gasteiger charge is -2.11. The molecule has 0 aromatic heterocycles. The minimum atomic E-state index is -0.164. The first kappa shape index (κ1) is 16.5. The highest BCUT2D eigenvalue weighted by molar-refractivity contribution is 5.90. The van der Waals surface area contributed by atoms with Crippen molar-refractivity contribution in [2.24, 2.45) is 5.92 Å². The van der Waals surface area contributed by atoms with E-state index in [2.05, 4.69) is 24.5 Å². The molecule has 0 aliphatic rings. The number of ether oxygens (including phenoxy) is 1. The van der Waals surface area contributed by atoms with Crippen LogP contribution in [-0.2, 0) is 4.74 Å². The molecule has 0 aliphatic heterocycles. The molecule has 4 heteroatoms. The minimum Gasteiger partial charge on any atom is -0.381 e. The van der Waals surface area contributed by atoms with Gasteiger partial charge in [0.05, 0.1) is 0 Å². The van der Waals surface area contributed by atoms with Gasteiger partial charge in [-0.3, -0.25) is 0 Å². The third-order valence-corrected chi connectivity index (χ3v) is 2.84. The van der Waals surface area contributed by atoms with E-state index in [0.29, 0.717) is 19.1 Å². The summed E-state index contributed by atoms with van der Waals surface area (Å²) in [5.74, 6) is 0.551. The largest absolute Gasteiger partial charge is 0.381 e. The number of aryl methyl sites for hydroxylation is 2. The second-order valence-corrected chi connectivity index (χ2v) is 5.52. The summed E-state index contributed by atoms with van der Waals surface area (Å²) in [4.78, 5) is 11.8. The molecule has 20 heavy (non-hydrogen) atoms. The van der Waals surface area contributed by atoms with Crippen LogP contribution in [0.5, 0.6) is 0 Å². The Morgan fingerprint density at radius 2 is 2.05 bits per heavy atom. The van der Waals surface area contributed by atoms with E-state index in [-0.39, 0.29) is 6.03 Å². The minimum absolute atomic E-state index is 0.164. The van der Waals surface area contributed by atoms with Crippen molar-refractivity contribution < 1.29 is 9.53 Å². The molecule has 1 rings (SSSR count). The number of benzene rings is 1. The summed E-state index contributed by atoms with van der Waals surface area (Å²) in [7, 11) is 0. The van der Waals surface area contributed by atoms with Crippen LogP contribution in [0.25, 0.3) is 0 Å². The number of urea groups is 1. The maximum absolute atomic E-state index is 11.8. The molecule has 0 unspecified atom stereocenters. The van der Waals surface area contributed by atoms with Gasteiger partial charge in [-0.1, -0.05) is 26.0 Å². The van der Waals surface area contributed by atoms with Crippen molar-refractivity contribution in [1.29, 1.82) is 0 Å². The topological polar surface area (TPSA) is 50.4 Å². The van der Waals surface area contributed by atoms with Gasteiger partial charge in [-0.05, 0) is 43.4 Å². The predicted octanol–water partition coefficient (Wildman–Crippen LogP) is 3.49. The quantitative estimate of drug-likeness (QED) is 0.750. The molecule has 0 spiro atoms. The van der Waals surface area contributed by atoms with E-state index in [1.54, 1.807) is 0 Å². The van der Waals surface area contributed by atoms with Crippen molar-refractivity contribution in [3.63, 3.8) is 0 Å². The maximum Gasteiger partial charge on any atom is 0.319 e. The molecule has 0 saturated heterocycles. The SMILES string of the molecule is Cc1ccc(C)c(NC(=O)NCCCOCC(C)C)c1. The van der Waals surface area contributed by atoms with E-state index in [1.165, 1.54) is 0 Å². The number of carbonyl (C=O) groups is 1. The van der Waals surface area contributed by atoms with Crippen LogP contribution in [0.15, 0.2) is 18.2 Å². The standard InChI is InChI=1S/C16H26N2O2/c1-12(2)11-20-9-5-8-17-16(19)18-15-10-13(3)6-7-14(15)4/h6-7,10,12H,5,8-9,11H2,1-4H3,(H2,17,18,19). The summed E-state index contributed by atoms with van der Waals surface area (Å²) in [6, 6.07) is 5.85. The zero-order chi connectivity index (χ0) is 15.0. The van der Waals surface area contributed by atoms with Crippen molar-refractivity contribution in [2.45, 2.75) is 34.1 Å². The molecule has 0 heterocycles. The molecule has 0 radical (unpaired) electrons. The number of amides is 2. The van der Waals surface area contributed by atoms with Crippen LogP contribution in [-0.4, -0.2) is 25.8 Å². The predicted molar refractivity (Wildman–Crippen MR) is 83.2 cm³/mol. The van der Waals surface area contributed by atoms with Crippen molar-refractivity contribution in [2.75, 3.05) is 25.1 Å². The number of nitrogens with one attached hydrogen (secondary N) is 2. The highest BCUT2D eigenvalue weighted by Gasteiger charge is 2.04. The number of hydrogen-bond acceptors (Lipinski definition) is 2. The lowest BCUT2D eigenvalue weighted by molar-refractivity contribution is 0.108. The third-order valence-electron chi connectivity index (χ3n) is 2.84. The molecule has 1 aromatic carbocycles. The second-order valence-electron chi connectivity index (χ2n) is 5.52. The Morgan fingerprint density at radius 1 is 1.30 bits per heavy atom. The van der Waals surface area contributed by atoms with Gasteiger partial charge in [0.15, 0.2) is 0 Å². The van der Waals surface area contributed by atoms with Gasteiger partial charge in [0.2, 0.25) is 0 Å². The van der Waals surface area contributed by atoms with E-state index in [1.807, 2.05) is 32.0 Å². The first-order valence-electron chi connectivity index (χ1n) is 7.19. The third kappa shape index (κ3) is 6.57. The Balaban J connectivity index is 2.22. The van der Waals surface area contributed by atoms with Gasteiger partial charge in [-0.15, -0.1) is 0 Å². The number of rotatable bonds is 7. The molecular formula is C16H26N2O2. The van der Waals surface area contributed by atoms with Crippen molar-refractivity contribution in [3.05, 3.63) is 29.3 Å². The van der Waals surface area contributed by atoms with Crippen molar-refractivity contribution in [1.82, 2.24) is 5.32 Å². The summed E-state index contributed by atoms with van der Waals surface area (Å²) in [6.07, 6.45) is 0.826. The Labute approximate surface area is 121 Å². The molecule has 0 bridgehead atoms. The van der Waals surface area contributed by atoms with Crippen LogP contribution in [0.3, 0.4) is 0 Å². The fourth-order valence-electron chi connectivity index (χ4n) is 1.73. The fraction of sp³-hybridized carbons (Fsp3) is 0.562. The average molecular weight is 278 g/mol. The van der Waals surface area contributed by atoms with Crippen molar-refractivity contribution in [3.8, 4) is 0 Å². The van der Waals surface area contributed by atoms with E-state index in [4.69, 9.17) is 4.74 Å². The van der Waals surface area contributed by atoms with Gasteiger partial charge in [-0.25, -0.2) is 4.79 Å². The molecule has 0 fully saturated rings. The average Bonchev–Trinajstić information content (AvgIpc) is 2.37. The first-order chi connectivity index (χ1) is 9.49. The summed E-state index contributed by atoms with van der Waals surface area (Å²) in [5.41, 5.74) is 3.05. The van der Waals surface area contributed by atoms with Gasteiger partial charge in [0.25, 0.3) is 0 Å². The Bertz CT molecular complexity index is 430. The molecule has 2 N–H and O–H groups in total. The number of hydrogen-bond donors (Lipinski definition) is 2. The van der Waals surface area contributed by atoms with Crippen LogP contribution in [0.1, 0.15) is 31.4 Å². The molecule has 112 valence electrons. The Hall–Kier alpha value is -1.55. The van der Waals surface area contributed by atoms with E-state index < -0.39 is 0 Å². The summed E-state index contributed by atoms with van der Waals surface area (Å²) in [5, 5.41) is 5.71. The fourth-order valence-corrected chi connectivity index (χ4v) is 1.73. The Kier molecular flexibility index (Phi) is 7.09. The summed E-state index contributed by atoms with van der Waals surface area (Å²) in [6.45, 7) is 10.3. The summed E-state index contributed by atoms with van der Waals surface area (Å²) >= 11 is 0. The zero-order valence-electron chi connectivity index (χ0n) is 13.0. The monoisotopic (exact) mass is 278 g/mol. The molecular weight excluding hydrogens is 252 g/mol. The smallest absolute Gasteiger partial charge is 0.319 e. The van der Waals surface area contributed by atoms with Crippen LogP contribution in [0.2, 0.25) is 0 Å². The van der Waals surface area contributed by atoms with Crippen LogP contribution >= 0.6 is 0 Å². The second kappa shape index (κ2) is 8.59. The highest BCUT2D eigenvalue weighted by Crippen LogP contribution is 2.15. The zero-order valence-corrected chi connectivity index (χ0v) is 13.0. The van der Waals surface area contributed by atoms with E-state index in [9.17, 15) is 4.79 Å². The molecule has 2 amide bonds. The lowest BCUT2D eigenvalue weighted by atomic mass is 10.1. The number of carbonyl (C=O) groups excluding carboxylic acids is 1. The van der Waals surface area contributed by atoms with Crippen molar-refractivity contribution >= 4 is 11.7 Å². The molecule has 0 atom stereocenters. The first-order valence-corrected chi connectivity index (χ1v) is 7.19. The van der Waals surface area contributed by atoms with Gasteiger partial charge in [0.1, 0.15) is 0 Å². The van der Waals surface area contributed by atoms with E-state index in [0.717, 1.165) is 29.8 Å². The molecule has 0 saturated carbocycles. The summed E-state index contributed by atoms with van der Waals surface area (Å²) < 4.78 is 5.46. The maximum atomic E-state index is 11.8. The van der Waals surface area contributed by atoms with Gasteiger partial charge >= 0.3 is 6.03 Å². The van der Waals surface area contributed by atoms with Crippen LogP contribution < -0.4 is 10.6 Å². The van der Waals surface area contributed by atoms with Gasteiger partial charge in [0, 0.05) is 25.4 Å². The van der Waals surface area contributed by atoms with Gasteiger partial charge < -0.3 is 15.4 Å². The number of anilines is 1.